The number of amides is 1. The Morgan fingerprint density at radius 2 is 1.62 bits per heavy atom. The van der Waals surface area contributed by atoms with Crippen molar-refractivity contribution in [3.63, 3.8) is 0 Å². The molecule has 3 rings (SSSR count). The van der Waals surface area contributed by atoms with Gasteiger partial charge in [0, 0.05) is 50.8 Å². The van der Waals surface area contributed by atoms with Crippen LogP contribution in [0.25, 0.3) is 0 Å². The predicted molar refractivity (Wildman–Crippen MR) is 104 cm³/mol. The minimum Gasteiger partial charge on any atom is -0.445 e. The number of piperidine rings is 1. The molecule has 0 radical (unpaired) electrons. The number of rotatable bonds is 3. The molecule has 1 aromatic rings. The van der Waals surface area contributed by atoms with E-state index in [0.717, 1.165) is 57.7 Å². The number of carbonyl (C=O) groups is 1. The van der Waals surface area contributed by atoms with Crippen molar-refractivity contribution in [3.05, 3.63) is 35.9 Å². The highest BCUT2D eigenvalue weighted by atomic mass is 16.6. The Hall–Kier alpha value is -1.59. The van der Waals surface area contributed by atoms with Crippen LogP contribution in [0, 0.1) is 0 Å². The third-order valence-corrected chi connectivity index (χ3v) is 5.71. The Bertz CT molecular complexity index is 569. The van der Waals surface area contributed by atoms with Crippen molar-refractivity contribution in [2.45, 2.75) is 51.8 Å². The van der Waals surface area contributed by atoms with E-state index in [4.69, 9.17) is 4.74 Å². The molecule has 2 fully saturated rings. The highest BCUT2D eigenvalue weighted by molar-refractivity contribution is 5.67. The van der Waals surface area contributed by atoms with Crippen molar-refractivity contribution < 1.29 is 9.53 Å². The van der Waals surface area contributed by atoms with Gasteiger partial charge in [-0.3, -0.25) is 9.80 Å². The van der Waals surface area contributed by atoms with Crippen molar-refractivity contribution in [3.8, 4) is 0 Å². The summed E-state index contributed by atoms with van der Waals surface area (Å²) in [4.78, 5) is 19.3. The smallest absolute Gasteiger partial charge is 0.410 e. The molecule has 2 aliphatic heterocycles. The zero-order chi connectivity index (χ0) is 18.6. The Kier molecular flexibility index (Phi) is 6.20. The third kappa shape index (κ3) is 4.98. The van der Waals surface area contributed by atoms with E-state index in [1.165, 1.54) is 0 Å². The summed E-state index contributed by atoms with van der Waals surface area (Å²) in [6.45, 7) is 13.4. The molecule has 144 valence electrons. The van der Waals surface area contributed by atoms with E-state index >= 15 is 0 Å². The number of hydrogen-bond acceptors (Lipinski definition) is 4. The van der Waals surface area contributed by atoms with Crippen LogP contribution in [0.2, 0.25) is 0 Å². The topological polar surface area (TPSA) is 36.0 Å². The van der Waals surface area contributed by atoms with Crippen LogP contribution in [-0.2, 0) is 11.3 Å². The van der Waals surface area contributed by atoms with Gasteiger partial charge in [0.1, 0.15) is 6.61 Å². The molecule has 0 saturated carbocycles. The maximum absolute atomic E-state index is 12.3. The Balaban J connectivity index is 1.39. The fourth-order valence-corrected chi connectivity index (χ4v) is 3.98. The van der Waals surface area contributed by atoms with Crippen LogP contribution in [0.4, 0.5) is 4.79 Å². The number of hydrogen-bond donors (Lipinski definition) is 0. The first kappa shape index (κ1) is 19.2. The normalized spacial score (nSPS) is 21.0. The van der Waals surface area contributed by atoms with Crippen LogP contribution in [0.5, 0.6) is 0 Å². The number of benzene rings is 1. The van der Waals surface area contributed by atoms with E-state index in [1.807, 2.05) is 35.2 Å². The van der Waals surface area contributed by atoms with Crippen LogP contribution in [0.1, 0.15) is 39.2 Å². The van der Waals surface area contributed by atoms with Crippen molar-refractivity contribution in [2.75, 3.05) is 39.3 Å². The van der Waals surface area contributed by atoms with E-state index < -0.39 is 0 Å². The van der Waals surface area contributed by atoms with Crippen molar-refractivity contribution in [1.29, 1.82) is 0 Å². The lowest BCUT2D eigenvalue weighted by Crippen LogP contribution is -2.57. The van der Waals surface area contributed by atoms with Gasteiger partial charge in [-0.25, -0.2) is 4.79 Å². The molecule has 1 aromatic carbocycles. The minimum absolute atomic E-state index is 0.176. The van der Waals surface area contributed by atoms with Crippen molar-refractivity contribution in [2.24, 2.45) is 0 Å². The van der Waals surface area contributed by atoms with Gasteiger partial charge in [0.2, 0.25) is 0 Å². The molecule has 5 nitrogen and oxygen atoms in total. The summed E-state index contributed by atoms with van der Waals surface area (Å²) in [5.41, 5.74) is 1.30. The molecule has 0 aromatic heterocycles. The average Bonchev–Trinajstić information content (AvgIpc) is 2.66. The lowest BCUT2D eigenvalue weighted by Gasteiger charge is -2.46. The molecule has 0 spiro atoms. The van der Waals surface area contributed by atoms with Gasteiger partial charge in [0.05, 0.1) is 0 Å². The van der Waals surface area contributed by atoms with E-state index in [1.54, 1.807) is 0 Å². The number of carbonyl (C=O) groups excluding carboxylic acids is 1. The van der Waals surface area contributed by atoms with Crippen molar-refractivity contribution >= 4 is 6.09 Å². The summed E-state index contributed by atoms with van der Waals surface area (Å²) in [5, 5.41) is 0. The minimum atomic E-state index is -0.176. The summed E-state index contributed by atoms with van der Waals surface area (Å²) < 4.78 is 5.47. The molecular formula is C21H33N3O2. The van der Waals surface area contributed by atoms with E-state index in [2.05, 4.69) is 30.6 Å². The molecule has 0 N–H and O–H groups in total. The second-order valence-electron chi connectivity index (χ2n) is 8.45. The maximum Gasteiger partial charge on any atom is 0.410 e. The van der Waals surface area contributed by atoms with Gasteiger partial charge in [0.15, 0.2) is 0 Å². The first-order valence-electron chi connectivity index (χ1n) is 9.88. The van der Waals surface area contributed by atoms with E-state index in [9.17, 15) is 4.79 Å². The number of nitrogens with zero attached hydrogens (tertiary/aromatic N) is 3. The second kappa shape index (κ2) is 8.40. The zero-order valence-corrected chi connectivity index (χ0v) is 16.5. The second-order valence-corrected chi connectivity index (χ2v) is 8.45. The van der Waals surface area contributed by atoms with Crippen molar-refractivity contribution in [1.82, 2.24) is 14.7 Å². The molecule has 1 amide bonds. The molecule has 2 saturated heterocycles. The summed E-state index contributed by atoms with van der Waals surface area (Å²) in [7, 11) is 0. The molecule has 0 atom stereocenters. The Labute approximate surface area is 157 Å². The SMILES string of the molecule is CC(C)(C)N1CCN(C2CCN(C(=O)OCc3ccccc3)CC2)CC1. The molecule has 0 bridgehead atoms. The monoisotopic (exact) mass is 359 g/mol. The van der Waals surface area contributed by atoms with Crippen LogP contribution < -0.4 is 0 Å². The van der Waals surface area contributed by atoms with Gasteiger partial charge in [-0.05, 0) is 39.2 Å². The Morgan fingerprint density at radius 3 is 2.19 bits per heavy atom. The highest BCUT2D eigenvalue weighted by Gasteiger charge is 2.32. The van der Waals surface area contributed by atoms with Gasteiger partial charge < -0.3 is 9.64 Å². The first-order valence-corrected chi connectivity index (χ1v) is 9.88. The van der Waals surface area contributed by atoms with Gasteiger partial charge in [-0.2, -0.15) is 0 Å². The highest BCUT2D eigenvalue weighted by Crippen LogP contribution is 2.22. The van der Waals surface area contributed by atoms with Gasteiger partial charge in [0.25, 0.3) is 0 Å². The zero-order valence-electron chi connectivity index (χ0n) is 16.5. The van der Waals surface area contributed by atoms with Gasteiger partial charge in [-0.15, -0.1) is 0 Å². The summed E-state index contributed by atoms with van der Waals surface area (Å²) in [6, 6.07) is 10.5. The molecule has 2 aliphatic rings. The maximum atomic E-state index is 12.3. The van der Waals surface area contributed by atoms with Gasteiger partial charge in [-0.1, -0.05) is 30.3 Å². The fraction of sp³-hybridized carbons (Fsp3) is 0.667. The lowest BCUT2D eigenvalue weighted by molar-refractivity contribution is 0.0209. The van der Waals surface area contributed by atoms with Gasteiger partial charge >= 0.3 is 6.09 Å². The summed E-state index contributed by atoms with van der Waals surface area (Å²) in [6.07, 6.45) is 1.93. The molecule has 5 heteroatoms. The fourth-order valence-electron chi connectivity index (χ4n) is 3.98. The number of likely N-dealkylation sites (tertiary alicyclic amines) is 1. The summed E-state index contributed by atoms with van der Waals surface area (Å²) in [5.74, 6) is 0. The molecule has 26 heavy (non-hydrogen) atoms. The van der Waals surface area contributed by atoms with E-state index in [-0.39, 0.29) is 11.6 Å². The predicted octanol–water partition coefficient (Wildman–Crippen LogP) is 3.20. The number of piperazine rings is 1. The summed E-state index contributed by atoms with van der Waals surface area (Å²) >= 11 is 0. The molecule has 0 aliphatic carbocycles. The largest absolute Gasteiger partial charge is 0.445 e. The van der Waals surface area contributed by atoms with Crippen LogP contribution in [0.15, 0.2) is 30.3 Å². The van der Waals surface area contributed by atoms with Crippen LogP contribution in [0.3, 0.4) is 0 Å². The van der Waals surface area contributed by atoms with Crippen LogP contribution >= 0.6 is 0 Å². The quantitative estimate of drug-likeness (QED) is 0.830. The Morgan fingerprint density at radius 1 is 1.00 bits per heavy atom. The van der Waals surface area contributed by atoms with Crippen LogP contribution in [-0.4, -0.2) is 71.6 Å². The average molecular weight is 360 g/mol. The standard InChI is InChI=1S/C21H33N3O2/c1-21(2,3)24-15-13-22(14-16-24)19-9-11-23(12-10-19)20(25)26-17-18-7-5-4-6-8-18/h4-8,19H,9-17H2,1-3H3. The molecule has 2 heterocycles. The van der Waals surface area contributed by atoms with E-state index in [0.29, 0.717) is 12.6 Å². The molecular weight excluding hydrogens is 326 g/mol. The molecule has 0 unspecified atom stereocenters. The lowest BCUT2D eigenvalue weighted by atomic mass is 10.0. The third-order valence-electron chi connectivity index (χ3n) is 5.71. The number of ether oxygens (including phenoxy) is 1. The first-order chi connectivity index (χ1) is 12.4.